The largest absolute Gasteiger partial charge is 0.355 e. The number of amides is 2. The van der Waals surface area contributed by atoms with E-state index >= 15 is 0 Å². The Morgan fingerprint density at radius 3 is 2.72 bits per heavy atom. The first-order valence-electron chi connectivity index (χ1n) is 5.58. The van der Waals surface area contributed by atoms with Crippen LogP contribution in [0.5, 0.6) is 0 Å². The second-order valence-electron chi connectivity index (χ2n) is 3.70. The van der Waals surface area contributed by atoms with Gasteiger partial charge in [-0.25, -0.2) is 0 Å². The molecule has 0 aliphatic carbocycles. The van der Waals surface area contributed by atoms with Crippen LogP contribution >= 0.6 is 28.6 Å². The molecule has 0 aromatic heterocycles. The van der Waals surface area contributed by atoms with Gasteiger partial charge in [-0.2, -0.15) is 0 Å². The lowest BCUT2D eigenvalue weighted by Gasteiger charge is -2.07. The van der Waals surface area contributed by atoms with Crippen molar-refractivity contribution < 1.29 is 9.59 Å². The average molecular weight is 331 g/mol. The summed E-state index contributed by atoms with van der Waals surface area (Å²) < 4.78 is 0.673. The number of benzene rings is 1. The molecule has 0 radical (unpaired) electrons. The van der Waals surface area contributed by atoms with Crippen LogP contribution < -0.4 is 10.6 Å². The van der Waals surface area contributed by atoms with E-state index in [2.05, 4.69) is 39.2 Å². The van der Waals surface area contributed by atoms with E-state index in [0.717, 1.165) is 6.42 Å². The minimum absolute atomic E-state index is 0.0257. The predicted octanol–water partition coefficient (Wildman–Crippen LogP) is 1.99. The molecule has 0 heterocycles. The number of hydrogen-bond donors (Lipinski definition) is 3. The maximum absolute atomic E-state index is 11.8. The van der Waals surface area contributed by atoms with Crippen LogP contribution in [0.4, 0.5) is 0 Å². The number of halogens is 1. The Balaban J connectivity index is 2.55. The van der Waals surface area contributed by atoms with Crippen molar-refractivity contribution in [3.05, 3.63) is 28.2 Å². The summed E-state index contributed by atoms with van der Waals surface area (Å²) in [4.78, 5) is 23.9. The molecule has 1 aromatic rings. The van der Waals surface area contributed by atoms with E-state index in [4.69, 9.17) is 0 Å². The summed E-state index contributed by atoms with van der Waals surface area (Å²) in [5.41, 5.74) is 0.464. The third-order valence-electron chi connectivity index (χ3n) is 2.18. The molecule has 1 rings (SSSR count). The number of carbonyl (C=O) groups is 2. The van der Waals surface area contributed by atoms with Crippen LogP contribution in [0.15, 0.2) is 27.6 Å². The van der Waals surface area contributed by atoms with Crippen LogP contribution in [0.25, 0.3) is 0 Å². The van der Waals surface area contributed by atoms with E-state index < -0.39 is 0 Å². The van der Waals surface area contributed by atoms with Gasteiger partial charge in [-0.15, -0.1) is 12.6 Å². The Morgan fingerprint density at radius 2 is 2.06 bits per heavy atom. The molecular weight excluding hydrogens is 316 g/mol. The van der Waals surface area contributed by atoms with Gasteiger partial charge in [0.1, 0.15) is 0 Å². The Bertz CT molecular complexity index is 452. The molecule has 98 valence electrons. The van der Waals surface area contributed by atoms with Crippen LogP contribution in [-0.4, -0.2) is 24.9 Å². The van der Waals surface area contributed by atoms with Gasteiger partial charge in [0, 0.05) is 15.9 Å². The van der Waals surface area contributed by atoms with Gasteiger partial charge in [0.15, 0.2) is 0 Å². The van der Waals surface area contributed by atoms with Gasteiger partial charge in [-0.05, 0) is 40.5 Å². The summed E-state index contributed by atoms with van der Waals surface area (Å²) in [7, 11) is 0. The van der Waals surface area contributed by atoms with Crippen LogP contribution in [0.2, 0.25) is 0 Å². The molecular formula is C12H15BrN2O2S. The smallest absolute Gasteiger partial charge is 0.252 e. The van der Waals surface area contributed by atoms with Crippen LogP contribution in [-0.2, 0) is 4.79 Å². The molecule has 18 heavy (non-hydrogen) atoms. The van der Waals surface area contributed by atoms with Gasteiger partial charge in [0.2, 0.25) is 5.91 Å². The van der Waals surface area contributed by atoms with Crippen LogP contribution in [0, 0.1) is 0 Å². The van der Waals surface area contributed by atoms with Crippen molar-refractivity contribution in [1.29, 1.82) is 0 Å². The molecule has 0 aliphatic heterocycles. The Kier molecular flexibility index (Phi) is 6.21. The Labute approximate surface area is 120 Å². The number of nitrogens with one attached hydrogen (secondary N) is 2. The third-order valence-corrected chi connectivity index (χ3v) is 3.15. The first-order chi connectivity index (χ1) is 8.54. The summed E-state index contributed by atoms with van der Waals surface area (Å²) in [5.74, 6) is -0.493. The van der Waals surface area contributed by atoms with E-state index in [9.17, 15) is 9.59 Å². The van der Waals surface area contributed by atoms with Crippen molar-refractivity contribution in [3.8, 4) is 0 Å². The fourth-order valence-corrected chi connectivity index (χ4v) is 1.90. The van der Waals surface area contributed by atoms with E-state index in [-0.39, 0.29) is 18.4 Å². The van der Waals surface area contributed by atoms with Crippen molar-refractivity contribution in [2.24, 2.45) is 0 Å². The highest BCUT2D eigenvalue weighted by atomic mass is 79.9. The summed E-state index contributed by atoms with van der Waals surface area (Å²) in [6.45, 7) is 2.56. The first kappa shape index (κ1) is 15.0. The molecule has 0 fully saturated rings. The topological polar surface area (TPSA) is 58.2 Å². The van der Waals surface area contributed by atoms with Crippen molar-refractivity contribution >= 4 is 40.4 Å². The van der Waals surface area contributed by atoms with Gasteiger partial charge >= 0.3 is 0 Å². The SMILES string of the molecule is CCCNC(=O)CNC(=O)c1cc(S)ccc1Br. The highest BCUT2D eigenvalue weighted by molar-refractivity contribution is 9.10. The molecule has 4 nitrogen and oxygen atoms in total. The second-order valence-corrected chi connectivity index (χ2v) is 5.07. The maximum atomic E-state index is 11.8. The van der Waals surface area contributed by atoms with E-state index in [1.165, 1.54) is 0 Å². The number of carbonyl (C=O) groups excluding carboxylic acids is 2. The minimum Gasteiger partial charge on any atom is -0.355 e. The lowest BCUT2D eigenvalue weighted by molar-refractivity contribution is -0.120. The zero-order valence-electron chi connectivity index (χ0n) is 10.00. The quantitative estimate of drug-likeness (QED) is 0.723. The molecule has 0 spiro atoms. The molecule has 0 saturated heterocycles. The molecule has 2 N–H and O–H groups in total. The Morgan fingerprint density at radius 1 is 1.33 bits per heavy atom. The van der Waals surface area contributed by atoms with E-state index in [0.29, 0.717) is 21.5 Å². The number of rotatable bonds is 5. The molecule has 2 amide bonds. The molecule has 0 aliphatic rings. The third kappa shape index (κ3) is 4.70. The zero-order chi connectivity index (χ0) is 13.5. The van der Waals surface area contributed by atoms with E-state index in [1.807, 2.05) is 6.92 Å². The average Bonchev–Trinajstić information content (AvgIpc) is 2.36. The zero-order valence-corrected chi connectivity index (χ0v) is 12.5. The predicted molar refractivity (Wildman–Crippen MR) is 77.0 cm³/mol. The molecule has 0 unspecified atom stereocenters. The highest BCUT2D eigenvalue weighted by Gasteiger charge is 2.11. The van der Waals surface area contributed by atoms with E-state index in [1.54, 1.807) is 18.2 Å². The second kappa shape index (κ2) is 7.43. The lowest BCUT2D eigenvalue weighted by atomic mass is 10.2. The molecule has 0 saturated carbocycles. The number of hydrogen-bond acceptors (Lipinski definition) is 3. The van der Waals surface area contributed by atoms with Gasteiger partial charge in [0.25, 0.3) is 5.91 Å². The summed E-state index contributed by atoms with van der Waals surface area (Å²) >= 11 is 7.46. The molecule has 0 bridgehead atoms. The van der Waals surface area contributed by atoms with Gasteiger partial charge in [0.05, 0.1) is 12.1 Å². The summed E-state index contributed by atoms with van der Waals surface area (Å²) in [5, 5.41) is 5.25. The first-order valence-corrected chi connectivity index (χ1v) is 6.82. The van der Waals surface area contributed by atoms with Crippen molar-refractivity contribution in [2.45, 2.75) is 18.2 Å². The standard InChI is InChI=1S/C12H15BrN2O2S/c1-2-5-14-11(16)7-15-12(17)9-6-8(18)3-4-10(9)13/h3-4,6,18H,2,5,7H2,1H3,(H,14,16)(H,15,17). The van der Waals surface area contributed by atoms with Gasteiger partial charge in [-0.1, -0.05) is 6.92 Å². The monoisotopic (exact) mass is 330 g/mol. The maximum Gasteiger partial charge on any atom is 0.252 e. The normalized spacial score (nSPS) is 9.94. The summed E-state index contributed by atoms with van der Waals surface area (Å²) in [6, 6.07) is 5.17. The van der Waals surface area contributed by atoms with Crippen molar-refractivity contribution in [3.63, 3.8) is 0 Å². The fourth-order valence-electron chi connectivity index (χ4n) is 1.27. The molecule has 1 aromatic carbocycles. The van der Waals surface area contributed by atoms with Crippen molar-refractivity contribution in [1.82, 2.24) is 10.6 Å². The summed E-state index contributed by atoms with van der Waals surface area (Å²) in [6.07, 6.45) is 0.868. The molecule has 0 atom stereocenters. The van der Waals surface area contributed by atoms with Crippen LogP contribution in [0.1, 0.15) is 23.7 Å². The fraction of sp³-hybridized carbons (Fsp3) is 0.333. The minimum atomic E-state index is -0.301. The molecule has 6 heteroatoms. The highest BCUT2D eigenvalue weighted by Crippen LogP contribution is 2.19. The van der Waals surface area contributed by atoms with Crippen LogP contribution in [0.3, 0.4) is 0 Å². The van der Waals surface area contributed by atoms with Gasteiger partial charge in [-0.3, -0.25) is 9.59 Å². The van der Waals surface area contributed by atoms with Gasteiger partial charge < -0.3 is 10.6 Å². The number of thiol groups is 1. The van der Waals surface area contributed by atoms with Crippen molar-refractivity contribution in [2.75, 3.05) is 13.1 Å². The Hall–Kier alpha value is -1.01. The lowest BCUT2D eigenvalue weighted by Crippen LogP contribution is -2.37.